The summed E-state index contributed by atoms with van der Waals surface area (Å²) in [5.74, 6) is 1.53. The smallest absolute Gasteiger partial charge is 0.316 e. The van der Waals surface area contributed by atoms with Crippen LogP contribution in [0.25, 0.3) is 5.78 Å². The summed E-state index contributed by atoms with van der Waals surface area (Å²) < 4.78 is 22.4. The van der Waals surface area contributed by atoms with Crippen LogP contribution in [0.3, 0.4) is 0 Å². The molecule has 3 aromatic rings. The van der Waals surface area contributed by atoms with Crippen molar-refractivity contribution in [2.24, 2.45) is 0 Å². The van der Waals surface area contributed by atoms with Crippen molar-refractivity contribution in [3.63, 3.8) is 0 Å². The molecule has 4 rings (SSSR count). The van der Waals surface area contributed by atoms with Crippen LogP contribution in [0.15, 0.2) is 23.5 Å². The first-order valence-corrected chi connectivity index (χ1v) is 10.7. The molecular weight excluding hydrogens is 436 g/mol. The second-order valence-corrected chi connectivity index (χ2v) is 8.03. The number of carbonyl (C=O) groups is 2. The first kappa shape index (κ1) is 21.9. The van der Waals surface area contributed by atoms with Crippen molar-refractivity contribution in [1.29, 1.82) is 0 Å². The van der Waals surface area contributed by atoms with E-state index in [4.69, 9.17) is 14.2 Å². The lowest BCUT2D eigenvalue weighted by molar-refractivity contribution is -0.137. The first-order chi connectivity index (χ1) is 15.5. The predicted octanol–water partition coefficient (Wildman–Crippen LogP) is 2.33. The third-order valence-electron chi connectivity index (χ3n) is 5.27. The SMILES string of the molecule is COC(=O)CSc1nc2nc3c(cn2n1)C(=O)C[C@H](c1cc(OC)c(OC)c(OC)c1)C3. The van der Waals surface area contributed by atoms with Crippen molar-refractivity contribution in [1.82, 2.24) is 19.6 Å². The van der Waals surface area contributed by atoms with E-state index in [0.29, 0.717) is 52.3 Å². The van der Waals surface area contributed by atoms with Crippen LogP contribution in [0.1, 0.15) is 34.0 Å². The molecule has 10 nitrogen and oxygen atoms in total. The molecule has 1 atom stereocenters. The minimum Gasteiger partial charge on any atom is -0.493 e. The molecular formula is C21H22N4O6S. The van der Waals surface area contributed by atoms with Gasteiger partial charge in [-0.05, 0) is 30.0 Å². The number of benzene rings is 1. The molecule has 1 aliphatic carbocycles. The summed E-state index contributed by atoms with van der Waals surface area (Å²) in [6.07, 6.45) is 2.52. The summed E-state index contributed by atoms with van der Waals surface area (Å²) in [6, 6.07) is 3.73. The average Bonchev–Trinajstić information content (AvgIpc) is 3.21. The number of Topliss-reactive ketones (excluding diaryl/α,β-unsaturated/α-hetero) is 1. The van der Waals surface area contributed by atoms with Crippen LogP contribution in [-0.2, 0) is 16.0 Å². The molecule has 0 amide bonds. The lowest BCUT2D eigenvalue weighted by Crippen LogP contribution is -2.21. The van der Waals surface area contributed by atoms with E-state index in [1.54, 1.807) is 27.5 Å². The van der Waals surface area contributed by atoms with Crippen molar-refractivity contribution >= 4 is 29.3 Å². The highest BCUT2D eigenvalue weighted by Gasteiger charge is 2.30. The average molecular weight is 458 g/mol. The van der Waals surface area contributed by atoms with Gasteiger partial charge in [0.1, 0.15) is 0 Å². The number of hydrogen-bond acceptors (Lipinski definition) is 10. The maximum atomic E-state index is 13.0. The van der Waals surface area contributed by atoms with E-state index in [0.717, 1.165) is 17.3 Å². The van der Waals surface area contributed by atoms with E-state index in [2.05, 4.69) is 19.8 Å². The van der Waals surface area contributed by atoms with E-state index in [-0.39, 0.29) is 23.4 Å². The number of esters is 1. The van der Waals surface area contributed by atoms with Gasteiger partial charge in [-0.1, -0.05) is 11.8 Å². The fourth-order valence-corrected chi connectivity index (χ4v) is 4.34. The Bertz CT molecular complexity index is 1170. The van der Waals surface area contributed by atoms with Gasteiger partial charge < -0.3 is 18.9 Å². The maximum absolute atomic E-state index is 13.0. The molecule has 0 N–H and O–H groups in total. The van der Waals surface area contributed by atoms with Crippen molar-refractivity contribution < 1.29 is 28.5 Å². The number of ether oxygens (including phenoxy) is 4. The Hall–Kier alpha value is -3.34. The molecule has 0 saturated heterocycles. The van der Waals surface area contributed by atoms with Crippen molar-refractivity contribution in [3.05, 3.63) is 35.2 Å². The highest BCUT2D eigenvalue weighted by Crippen LogP contribution is 2.42. The van der Waals surface area contributed by atoms with Gasteiger partial charge in [-0.3, -0.25) is 9.59 Å². The van der Waals surface area contributed by atoms with Crippen LogP contribution in [0.5, 0.6) is 17.2 Å². The van der Waals surface area contributed by atoms with Gasteiger partial charge in [0, 0.05) is 12.6 Å². The van der Waals surface area contributed by atoms with Crippen LogP contribution in [-0.4, -0.2) is 65.5 Å². The largest absolute Gasteiger partial charge is 0.493 e. The molecule has 1 aromatic carbocycles. The zero-order valence-corrected chi connectivity index (χ0v) is 18.9. The highest BCUT2D eigenvalue weighted by atomic mass is 32.2. The predicted molar refractivity (Wildman–Crippen MR) is 115 cm³/mol. The highest BCUT2D eigenvalue weighted by molar-refractivity contribution is 7.99. The Morgan fingerprint density at radius 2 is 1.81 bits per heavy atom. The molecule has 1 aliphatic rings. The monoisotopic (exact) mass is 458 g/mol. The molecule has 11 heteroatoms. The van der Waals surface area contributed by atoms with Crippen LogP contribution in [0.4, 0.5) is 0 Å². The van der Waals surface area contributed by atoms with E-state index in [9.17, 15) is 9.59 Å². The molecule has 0 bridgehead atoms. The fraction of sp³-hybridized carbons (Fsp3) is 0.381. The first-order valence-electron chi connectivity index (χ1n) is 9.76. The van der Waals surface area contributed by atoms with Gasteiger partial charge in [0.05, 0.1) is 45.4 Å². The van der Waals surface area contributed by atoms with E-state index in [1.165, 1.54) is 11.6 Å². The Labute approximate surface area is 188 Å². The van der Waals surface area contributed by atoms with Gasteiger partial charge in [-0.2, -0.15) is 4.98 Å². The van der Waals surface area contributed by atoms with Gasteiger partial charge in [0.2, 0.25) is 10.9 Å². The third kappa shape index (κ3) is 4.07. The number of hydrogen-bond donors (Lipinski definition) is 0. The maximum Gasteiger partial charge on any atom is 0.316 e. The van der Waals surface area contributed by atoms with E-state index >= 15 is 0 Å². The fourth-order valence-electron chi connectivity index (χ4n) is 3.68. The summed E-state index contributed by atoms with van der Waals surface area (Å²) >= 11 is 1.15. The summed E-state index contributed by atoms with van der Waals surface area (Å²) in [7, 11) is 5.99. The van der Waals surface area contributed by atoms with Gasteiger partial charge in [-0.15, -0.1) is 5.10 Å². The number of aromatic nitrogens is 4. The van der Waals surface area contributed by atoms with Crippen molar-refractivity contribution in [2.75, 3.05) is 34.2 Å². The van der Waals surface area contributed by atoms with Crippen molar-refractivity contribution in [3.8, 4) is 17.2 Å². The molecule has 32 heavy (non-hydrogen) atoms. The van der Waals surface area contributed by atoms with Gasteiger partial charge in [0.15, 0.2) is 17.3 Å². The van der Waals surface area contributed by atoms with E-state index in [1.807, 2.05) is 12.1 Å². The molecule has 0 unspecified atom stereocenters. The molecule has 0 radical (unpaired) electrons. The zero-order chi connectivity index (χ0) is 22.8. The van der Waals surface area contributed by atoms with Gasteiger partial charge in [-0.25, -0.2) is 9.50 Å². The summed E-state index contributed by atoms with van der Waals surface area (Å²) in [6.45, 7) is 0. The Balaban J connectivity index is 1.65. The number of fused-ring (bicyclic) bond motifs is 2. The minimum atomic E-state index is -0.371. The Morgan fingerprint density at radius 3 is 2.44 bits per heavy atom. The van der Waals surface area contributed by atoms with Gasteiger partial charge >= 0.3 is 5.97 Å². The zero-order valence-electron chi connectivity index (χ0n) is 18.1. The Morgan fingerprint density at radius 1 is 1.09 bits per heavy atom. The minimum absolute atomic E-state index is 0.0290. The molecule has 0 spiro atoms. The molecule has 2 heterocycles. The number of methoxy groups -OCH3 is 4. The second kappa shape index (κ2) is 9.03. The molecule has 2 aromatic heterocycles. The standard InChI is InChI=1S/C21H22N4O6S/c1-28-16-7-12(8-17(29-2)19(16)31-4)11-5-14-13(15(26)6-11)9-25-20(22-14)23-21(24-25)32-10-18(27)30-3/h7-9,11H,5-6,10H2,1-4H3/t11-/m1/s1. The lowest BCUT2D eigenvalue weighted by Gasteiger charge is -2.24. The van der Waals surface area contributed by atoms with Crippen LogP contribution < -0.4 is 14.2 Å². The normalized spacial score (nSPS) is 15.4. The lowest BCUT2D eigenvalue weighted by atomic mass is 9.82. The molecule has 0 aliphatic heterocycles. The molecule has 0 saturated carbocycles. The van der Waals surface area contributed by atoms with Crippen LogP contribution in [0, 0.1) is 0 Å². The summed E-state index contributed by atoms with van der Waals surface area (Å²) in [5.41, 5.74) is 2.08. The van der Waals surface area contributed by atoms with Gasteiger partial charge in [0.25, 0.3) is 5.78 Å². The number of rotatable bonds is 7. The molecule has 0 fully saturated rings. The van der Waals surface area contributed by atoms with E-state index < -0.39 is 0 Å². The van der Waals surface area contributed by atoms with Crippen molar-refractivity contribution in [2.45, 2.75) is 23.9 Å². The third-order valence-corrected chi connectivity index (χ3v) is 6.08. The topological polar surface area (TPSA) is 114 Å². The quantitative estimate of drug-likeness (QED) is 0.386. The summed E-state index contributed by atoms with van der Waals surface area (Å²) in [5, 5.41) is 4.69. The number of ketones is 1. The van der Waals surface area contributed by atoms with Crippen LogP contribution >= 0.6 is 11.8 Å². The number of nitrogens with zero attached hydrogens (tertiary/aromatic N) is 4. The second-order valence-electron chi connectivity index (χ2n) is 7.09. The summed E-state index contributed by atoms with van der Waals surface area (Å²) in [4.78, 5) is 33.3. The Kier molecular flexibility index (Phi) is 6.17. The number of carbonyl (C=O) groups excluding carboxylic acids is 2. The number of thioether (sulfide) groups is 1. The molecule has 168 valence electrons. The van der Waals surface area contributed by atoms with Crippen LogP contribution in [0.2, 0.25) is 0 Å².